The van der Waals surface area contributed by atoms with Crippen LogP contribution in [0.2, 0.25) is 0 Å². The summed E-state index contributed by atoms with van der Waals surface area (Å²) in [7, 11) is 4.24. The van der Waals surface area contributed by atoms with Gasteiger partial charge < -0.3 is 4.90 Å². The Morgan fingerprint density at radius 3 is 2.10 bits per heavy atom. The van der Waals surface area contributed by atoms with Crippen LogP contribution < -0.4 is 0 Å². The predicted octanol–water partition coefficient (Wildman–Crippen LogP) is 2.69. The molecule has 0 saturated heterocycles. The highest BCUT2D eigenvalue weighted by molar-refractivity contribution is 9.09. The topological polar surface area (TPSA) is 3.24 Å². The molecule has 10 heavy (non-hydrogen) atoms. The monoisotopic (exact) mass is 273 g/mol. The summed E-state index contributed by atoms with van der Waals surface area (Å²) in [4.78, 5) is 2.23. The van der Waals surface area contributed by atoms with E-state index in [1.165, 1.54) is 25.8 Å². The maximum atomic E-state index is 3.40. The molecule has 0 radical (unpaired) electrons. The second-order valence-corrected chi connectivity index (χ2v) is 3.35. The van der Waals surface area contributed by atoms with Crippen molar-refractivity contribution < 1.29 is 0 Å². The van der Waals surface area contributed by atoms with Crippen LogP contribution in [-0.4, -0.2) is 30.9 Å². The third kappa shape index (κ3) is 11.7. The highest BCUT2D eigenvalue weighted by Crippen LogP contribution is 1.98. The van der Waals surface area contributed by atoms with Crippen LogP contribution in [0, 0.1) is 0 Å². The zero-order valence-electron chi connectivity index (χ0n) is 6.77. The highest BCUT2D eigenvalue weighted by atomic mass is 79.9. The first kappa shape index (κ1) is 13.5. The van der Waals surface area contributed by atoms with Gasteiger partial charge in [-0.25, -0.2) is 0 Å². The lowest BCUT2D eigenvalue weighted by molar-refractivity contribution is 0.394. The summed E-state index contributed by atoms with van der Waals surface area (Å²) < 4.78 is 0. The third-order valence-corrected chi connectivity index (χ3v) is 1.80. The summed E-state index contributed by atoms with van der Waals surface area (Å²) in [6.45, 7) is 1.23. The van der Waals surface area contributed by atoms with Gasteiger partial charge >= 0.3 is 0 Å². The first-order chi connectivity index (χ1) is 4.27. The fraction of sp³-hybridized carbons (Fsp3) is 1.00. The Kier molecular flexibility index (Phi) is 13.4. The average molecular weight is 275 g/mol. The number of halogens is 2. The van der Waals surface area contributed by atoms with Crippen LogP contribution in [0.4, 0.5) is 0 Å². The van der Waals surface area contributed by atoms with Crippen molar-refractivity contribution in [2.45, 2.75) is 19.3 Å². The predicted molar refractivity (Wildman–Crippen MR) is 56.5 cm³/mol. The number of hydrogen-bond donors (Lipinski definition) is 0. The SMILES string of the molecule is Br.CN(C)CCCCCBr. The van der Waals surface area contributed by atoms with Gasteiger partial charge in [0.2, 0.25) is 0 Å². The number of alkyl halides is 1. The van der Waals surface area contributed by atoms with E-state index in [-0.39, 0.29) is 17.0 Å². The fourth-order valence-electron chi connectivity index (χ4n) is 0.699. The maximum absolute atomic E-state index is 3.40. The quantitative estimate of drug-likeness (QED) is 0.550. The molecule has 0 aromatic carbocycles. The molecule has 0 amide bonds. The number of nitrogens with zero attached hydrogens (tertiary/aromatic N) is 1. The number of hydrogen-bond acceptors (Lipinski definition) is 1. The van der Waals surface area contributed by atoms with E-state index in [0.717, 1.165) is 5.33 Å². The molecule has 0 N–H and O–H groups in total. The molecular weight excluding hydrogens is 258 g/mol. The molecule has 0 aliphatic heterocycles. The molecule has 3 heteroatoms. The summed E-state index contributed by atoms with van der Waals surface area (Å²) >= 11 is 3.40. The second kappa shape index (κ2) is 9.92. The molecular formula is C7H17Br2N. The van der Waals surface area contributed by atoms with E-state index in [9.17, 15) is 0 Å². The molecule has 0 atom stereocenters. The Balaban J connectivity index is 0. The van der Waals surface area contributed by atoms with Crippen LogP contribution in [0.25, 0.3) is 0 Å². The standard InChI is InChI=1S/C7H16BrN.BrH/c1-9(2)7-5-3-4-6-8;/h3-7H2,1-2H3;1H. The van der Waals surface area contributed by atoms with Crippen molar-refractivity contribution in [3.63, 3.8) is 0 Å². The molecule has 0 bridgehead atoms. The minimum absolute atomic E-state index is 0. The van der Waals surface area contributed by atoms with Gasteiger partial charge in [-0.2, -0.15) is 0 Å². The van der Waals surface area contributed by atoms with Crippen molar-refractivity contribution in [2.24, 2.45) is 0 Å². The molecule has 0 aromatic heterocycles. The van der Waals surface area contributed by atoms with E-state index in [2.05, 4.69) is 34.9 Å². The molecule has 0 aromatic rings. The third-order valence-electron chi connectivity index (χ3n) is 1.24. The van der Waals surface area contributed by atoms with E-state index in [0.29, 0.717) is 0 Å². The Morgan fingerprint density at radius 1 is 1.10 bits per heavy atom. The lowest BCUT2D eigenvalue weighted by Crippen LogP contribution is -2.12. The lowest BCUT2D eigenvalue weighted by Gasteiger charge is -2.07. The van der Waals surface area contributed by atoms with Gasteiger partial charge in [0.1, 0.15) is 0 Å². The van der Waals surface area contributed by atoms with Gasteiger partial charge in [-0.05, 0) is 33.5 Å². The van der Waals surface area contributed by atoms with Crippen LogP contribution in [0.3, 0.4) is 0 Å². The van der Waals surface area contributed by atoms with E-state index in [4.69, 9.17) is 0 Å². The minimum atomic E-state index is 0. The lowest BCUT2D eigenvalue weighted by atomic mass is 10.2. The Bertz CT molecular complexity index is 57.6. The molecule has 0 heterocycles. The molecule has 1 nitrogen and oxygen atoms in total. The normalized spacial score (nSPS) is 9.60. The van der Waals surface area contributed by atoms with Crippen LogP contribution in [0.5, 0.6) is 0 Å². The van der Waals surface area contributed by atoms with Crippen molar-refractivity contribution in [3.8, 4) is 0 Å². The van der Waals surface area contributed by atoms with Crippen LogP contribution in [-0.2, 0) is 0 Å². The van der Waals surface area contributed by atoms with E-state index < -0.39 is 0 Å². The van der Waals surface area contributed by atoms with Gasteiger partial charge in [-0.15, -0.1) is 17.0 Å². The Morgan fingerprint density at radius 2 is 1.70 bits per heavy atom. The molecule has 0 spiro atoms. The molecule has 0 unspecified atom stereocenters. The fourth-order valence-corrected chi connectivity index (χ4v) is 1.10. The van der Waals surface area contributed by atoms with Crippen molar-refractivity contribution in [2.75, 3.05) is 26.0 Å². The minimum Gasteiger partial charge on any atom is -0.309 e. The van der Waals surface area contributed by atoms with Gasteiger partial charge in [0.15, 0.2) is 0 Å². The van der Waals surface area contributed by atoms with Gasteiger partial charge in [-0.3, -0.25) is 0 Å². The van der Waals surface area contributed by atoms with Crippen LogP contribution in [0.15, 0.2) is 0 Å². The summed E-state index contributed by atoms with van der Waals surface area (Å²) in [5.41, 5.74) is 0. The van der Waals surface area contributed by atoms with Crippen molar-refractivity contribution in [1.82, 2.24) is 4.90 Å². The largest absolute Gasteiger partial charge is 0.309 e. The smallest absolute Gasteiger partial charge is 0.00313 e. The van der Waals surface area contributed by atoms with Crippen molar-refractivity contribution in [3.05, 3.63) is 0 Å². The number of unbranched alkanes of at least 4 members (excludes halogenated alkanes) is 2. The molecule has 0 aliphatic rings. The van der Waals surface area contributed by atoms with Crippen molar-refractivity contribution >= 4 is 32.9 Å². The zero-order chi connectivity index (χ0) is 7.11. The van der Waals surface area contributed by atoms with E-state index in [1.54, 1.807) is 0 Å². The summed E-state index contributed by atoms with van der Waals surface area (Å²) in [6.07, 6.45) is 4.00. The summed E-state index contributed by atoms with van der Waals surface area (Å²) in [6, 6.07) is 0. The van der Waals surface area contributed by atoms with Gasteiger partial charge in [-0.1, -0.05) is 22.4 Å². The number of rotatable bonds is 5. The van der Waals surface area contributed by atoms with Crippen LogP contribution in [0.1, 0.15) is 19.3 Å². The van der Waals surface area contributed by atoms with Gasteiger partial charge in [0.05, 0.1) is 0 Å². The van der Waals surface area contributed by atoms with Gasteiger partial charge in [0, 0.05) is 5.33 Å². The molecule has 0 aliphatic carbocycles. The van der Waals surface area contributed by atoms with Crippen molar-refractivity contribution in [1.29, 1.82) is 0 Å². The molecule has 64 valence electrons. The second-order valence-electron chi connectivity index (χ2n) is 2.55. The van der Waals surface area contributed by atoms with E-state index >= 15 is 0 Å². The zero-order valence-corrected chi connectivity index (χ0v) is 10.1. The molecule has 0 saturated carbocycles. The molecule has 0 fully saturated rings. The summed E-state index contributed by atoms with van der Waals surface area (Å²) in [5.74, 6) is 0. The van der Waals surface area contributed by atoms with Gasteiger partial charge in [0.25, 0.3) is 0 Å². The first-order valence-electron chi connectivity index (χ1n) is 3.48. The summed E-state index contributed by atoms with van der Waals surface area (Å²) in [5, 5.41) is 1.15. The molecule has 0 rings (SSSR count). The first-order valence-corrected chi connectivity index (χ1v) is 4.60. The Labute approximate surface area is 83.1 Å². The van der Waals surface area contributed by atoms with E-state index in [1.807, 2.05) is 0 Å². The maximum Gasteiger partial charge on any atom is 0.00313 e. The average Bonchev–Trinajstić information content (AvgIpc) is 1.80. The highest BCUT2D eigenvalue weighted by Gasteiger charge is 1.88. The Hall–Kier alpha value is 0.920. The van der Waals surface area contributed by atoms with Crippen LogP contribution >= 0.6 is 32.9 Å².